The van der Waals surface area contributed by atoms with Gasteiger partial charge >= 0.3 is 6.03 Å². The fourth-order valence-electron chi connectivity index (χ4n) is 5.24. The van der Waals surface area contributed by atoms with E-state index in [-0.39, 0.29) is 11.9 Å². The molecule has 2 aromatic rings. The molecule has 0 aliphatic carbocycles. The molecule has 188 valence electrons. The number of amides is 3. The molecule has 1 saturated heterocycles. The average Bonchev–Trinajstić information content (AvgIpc) is 2.98. The fourth-order valence-corrected chi connectivity index (χ4v) is 5.24. The Bertz CT molecular complexity index is 1010. The second-order valence-electron chi connectivity index (χ2n) is 9.52. The summed E-state index contributed by atoms with van der Waals surface area (Å²) in [5.74, 6) is 0.862. The molecule has 2 aliphatic heterocycles. The van der Waals surface area contributed by atoms with Crippen molar-refractivity contribution in [2.45, 2.75) is 39.5 Å². The number of benzene rings is 1. The largest absolute Gasteiger partial charge is 0.336 e. The zero-order valence-corrected chi connectivity index (χ0v) is 21.0. The van der Waals surface area contributed by atoms with Crippen LogP contribution in [0.25, 0.3) is 0 Å². The number of urea groups is 1. The minimum absolute atomic E-state index is 0.246. The van der Waals surface area contributed by atoms with Gasteiger partial charge in [-0.15, -0.1) is 0 Å². The van der Waals surface area contributed by atoms with Gasteiger partial charge in [-0.05, 0) is 75.5 Å². The van der Waals surface area contributed by atoms with Crippen LogP contribution in [0.3, 0.4) is 0 Å². The maximum atomic E-state index is 13.4. The number of hydrogen-bond acceptors (Lipinski definition) is 5. The summed E-state index contributed by atoms with van der Waals surface area (Å²) in [5, 5.41) is 5.95. The first kappa shape index (κ1) is 25.1. The second kappa shape index (κ2) is 12.1. The molecule has 0 bridgehead atoms. The van der Waals surface area contributed by atoms with Gasteiger partial charge in [0.25, 0.3) is 5.91 Å². The molecule has 1 aromatic heterocycles. The van der Waals surface area contributed by atoms with Gasteiger partial charge in [-0.3, -0.25) is 4.79 Å². The number of nitrogens with one attached hydrogen (secondary N) is 2. The van der Waals surface area contributed by atoms with Gasteiger partial charge in [-0.1, -0.05) is 26.0 Å². The van der Waals surface area contributed by atoms with Crippen LogP contribution in [-0.2, 0) is 0 Å². The molecule has 0 radical (unpaired) electrons. The van der Waals surface area contributed by atoms with E-state index in [1.54, 1.807) is 36.5 Å². The molecule has 0 saturated carbocycles. The molecule has 1 unspecified atom stereocenters. The topological polar surface area (TPSA) is 80.8 Å². The minimum atomic E-state index is -0.278. The zero-order valence-electron chi connectivity index (χ0n) is 21.0. The first-order chi connectivity index (χ1) is 17.1. The molecular weight excluding hydrogens is 440 g/mol. The van der Waals surface area contributed by atoms with Crippen LogP contribution in [0.4, 0.5) is 22.0 Å². The molecular formula is C27H38N6O2. The molecule has 1 atom stereocenters. The third-order valence-electron chi connectivity index (χ3n) is 6.74. The summed E-state index contributed by atoms with van der Waals surface area (Å²) in [6.45, 7) is 11.5. The normalized spacial score (nSPS) is 18.0. The molecule has 4 rings (SSSR count). The summed E-state index contributed by atoms with van der Waals surface area (Å²) in [6, 6.07) is 10.4. The fraction of sp³-hybridized carbons (Fsp3) is 0.519. The molecule has 2 N–H and O–H groups in total. The number of carbonyl (C=O) groups is 2. The Morgan fingerprint density at radius 2 is 1.97 bits per heavy atom. The van der Waals surface area contributed by atoms with Crippen LogP contribution in [0.2, 0.25) is 0 Å². The van der Waals surface area contributed by atoms with Crippen molar-refractivity contribution in [1.82, 2.24) is 20.1 Å². The molecule has 8 heteroatoms. The Kier molecular flexibility index (Phi) is 8.71. The number of hydrogen-bond donors (Lipinski definition) is 2. The van der Waals surface area contributed by atoms with Crippen molar-refractivity contribution >= 4 is 29.1 Å². The number of anilines is 3. The van der Waals surface area contributed by atoms with Crippen molar-refractivity contribution in [1.29, 1.82) is 0 Å². The number of fused-ring (bicyclic) bond motifs is 2. The Balaban J connectivity index is 1.38. The molecule has 3 heterocycles. The van der Waals surface area contributed by atoms with E-state index in [0.717, 1.165) is 19.6 Å². The maximum Gasteiger partial charge on any atom is 0.327 e. The summed E-state index contributed by atoms with van der Waals surface area (Å²) in [5.41, 5.74) is 1.50. The highest BCUT2D eigenvalue weighted by Crippen LogP contribution is 2.35. The van der Waals surface area contributed by atoms with Crippen LogP contribution < -0.4 is 15.5 Å². The van der Waals surface area contributed by atoms with Crippen LogP contribution in [0, 0.1) is 5.92 Å². The zero-order chi connectivity index (χ0) is 24.6. The molecule has 0 spiro atoms. The predicted molar refractivity (Wildman–Crippen MR) is 140 cm³/mol. The molecule has 8 nitrogen and oxygen atoms in total. The van der Waals surface area contributed by atoms with Crippen molar-refractivity contribution in [3.05, 3.63) is 48.2 Å². The van der Waals surface area contributed by atoms with Crippen LogP contribution in [0.15, 0.2) is 42.6 Å². The lowest BCUT2D eigenvalue weighted by Crippen LogP contribution is -2.45. The van der Waals surface area contributed by atoms with Crippen molar-refractivity contribution in [2.24, 2.45) is 5.92 Å². The van der Waals surface area contributed by atoms with Gasteiger partial charge in [0.1, 0.15) is 0 Å². The highest BCUT2D eigenvalue weighted by molar-refractivity contribution is 6.16. The number of piperidine rings is 1. The van der Waals surface area contributed by atoms with Crippen LogP contribution in [0.1, 0.15) is 49.9 Å². The Morgan fingerprint density at radius 3 is 2.77 bits per heavy atom. The van der Waals surface area contributed by atoms with E-state index in [1.807, 2.05) is 6.07 Å². The van der Waals surface area contributed by atoms with E-state index in [0.29, 0.717) is 35.2 Å². The van der Waals surface area contributed by atoms with Crippen molar-refractivity contribution in [2.75, 3.05) is 56.0 Å². The second-order valence-corrected chi connectivity index (χ2v) is 9.52. The Hall–Kier alpha value is -2.97. The number of likely N-dealkylation sites (tertiary alicyclic amines) is 1. The SMILES string of the molecule is CCCN(CCC)CC1CCCN(CCNC(=O)N2c3ccccc3C(=O)Nc3cccnc32)C1. The van der Waals surface area contributed by atoms with E-state index >= 15 is 0 Å². The van der Waals surface area contributed by atoms with E-state index in [2.05, 4.69) is 39.3 Å². The molecule has 1 aromatic carbocycles. The molecule has 1 fully saturated rings. The number of pyridine rings is 1. The van der Waals surface area contributed by atoms with Gasteiger partial charge < -0.3 is 20.4 Å². The van der Waals surface area contributed by atoms with Crippen LogP contribution in [-0.4, -0.2) is 72.5 Å². The van der Waals surface area contributed by atoms with Crippen molar-refractivity contribution in [3.8, 4) is 0 Å². The van der Waals surface area contributed by atoms with Gasteiger partial charge in [-0.2, -0.15) is 0 Å². The summed E-state index contributed by atoms with van der Waals surface area (Å²) in [4.78, 5) is 37.1. The molecule has 2 aliphatic rings. The molecule has 35 heavy (non-hydrogen) atoms. The number of para-hydroxylation sites is 1. The maximum absolute atomic E-state index is 13.4. The van der Waals surface area contributed by atoms with Gasteiger partial charge in [0, 0.05) is 32.4 Å². The van der Waals surface area contributed by atoms with Gasteiger partial charge in [-0.25, -0.2) is 14.7 Å². The third-order valence-corrected chi connectivity index (χ3v) is 6.74. The summed E-state index contributed by atoms with van der Waals surface area (Å²) in [6.07, 6.45) is 6.51. The van der Waals surface area contributed by atoms with Crippen molar-refractivity contribution < 1.29 is 9.59 Å². The number of nitrogens with zero attached hydrogens (tertiary/aromatic N) is 4. The highest BCUT2D eigenvalue weighted by atomic mass is 16.2. The smallest absolute Gasteiger partial charge is 0.327 e. The van der Waals surface area contributed by atoms with Gasteiger partial charge in [0.05, 0.1) is 16.9 Å². The highest BCUT2D eigenvalue weighted by Gasteiger charge is 2.30. The van der Waals surface area contributed by atoms with E-state index < -0.39 is 0 Å². The lowest BCUT2D eigenvalue weighted by atomic mass is 9.97. The number of aromatic nitrogens is 1. The van der Waals surface area contributed by atoms with E-state index in [1.165, 1.54) is 50.2 Å². The summed E-state index contributed by atoms with van der Waals surface area (Å²) < 4.78 is 0. The van der Waals surface area contributed by atoms with E-state index in [4.69, 9.17) is 0 Å². The number of carbonyl (C=O) groups excluding carboxylic acids is 2. The monoisotopic (exact) mass is 478 g/mol. The average molecular weight is 479 g/mol. The lowest BCUT2D eigenvalue weighted by molar-refractivity contribution is 0.102. The Morgan fingerprint density at radius 1 is 1.17 bits per heavy atom. The predicted octanol–water partition coefficient (Wildman–Crippen LogP) is 4.33. The first-order valence-corrected chi connectivity index (χ1v) is 13.0. The van der Waals surface area contributed by atoms with Crippen LogP contribution in [0.5, 0.6) is 0 Å². The van der Waals surface area contributed by atoms with Crippen LogP contribution >= 0.6 is 0 Å². The summed E-state index contributed by atoms with van der Waals surface area (Å²) >= 11 is 0. The Labute approximate surface area is 208 Å². The third kappa shape index (κ3) is 6.18. The number of rotatable bonds is 9. The first-order valence-electron chi connectivity index (χ1n) is 13.0. The molecule has 3 amide bonds. The standard InChI is InChI=1S/C27H38N6O2/c1-3-15-31(16-4-2)19-21-9-8-17-32(20-21)18-14-29-27(35)33-24-12-6-5-10-22(24)26(34)30-23-11-7-13-28-25(23)33/h5-7,10-13,21H,3-4,8-9,14-20H2,1-2H3,(H,29,35)(H,30,34). The quantitative estimate of drug-likeness (QED) is 0.561. The van der Waals surface area contributed by atoms with E-state index in [9.17, 15) is 9.59 Å². The summed E-state index contributed by atoms with van der Waals surface area (Å²) in [7, 11) is 0. The van der Waals surface area contributed by atoms with Gasteiger partial charge in [0.2, 0.25) is 0 Å². The van der Waals surface area contributed by atoms with Gasteiger partial charge in [0.15, 0.2) is 5.82 Å². The lowest BCUT2D eigenvalue weighted by Gasteiger charge is -2.35. The van der Waals surface area contributed by atoms with Crippen molar-refractivity contribution in [3.63, 3.8) is 0 Å². The minimum Gasteiger partial charge on any atom is -0.336 e.